The molecule has 0 spiro atoms. The highest BCUT2D eigenvalue weighted by Gasteiger charge is 2.24. The van der Waals surface area contributed by atoms with Gasteiger partial charge in [-0.3, -0.25) is 9.88 Å². The lowest BCUT2D eigenvalue weighted by Gasteiger charge is -2.18. The van der Waals surface area contributed by atoms with Gasteiger partial charge in [0.15, 0.2) is 0 Å². The monoisotopic (exact) mass is 278 g/mol. The Bertz CT molecular complexity index is 706. The standard InChI is InChI=1S/C16H14N4O/c17-9-12-3-4-14-5-7-20(15(14)8-12)16(21)19-11-13-2-1-6-18-10-13/h1-4,6,8,10H,5,7,11H2,(H,19,21). The number of hydrogen-bond donors (Lipinski definition) is 1. The number of fused-ring (bicyclic) bond motifs is 1. The smallest absolute Gasteiger partial charge is 0.322 e. The third-order valence-corrected chi connectivity index (χ3v) is 3.52. The molecule has 0 atom stereocenters. The average Bonchev–Trinajstić information content (AvgIpc) is 2.96. The van der Waals surface area contributed by atoms with Crippen molar-refractivity contribution < 1.29 is 4.79 Å². The molecule has 2 amide bonds. The fraction of sp³-hybridized carbons (Fsp3) is 0.188. The fourth-order valence-corrected chi connectivity index (χ4v) is 2.44. The third kappa shape index (κ3) is 2.70. The Labute approximate surface area is 122 Å². The zero-order valence-corrected chi connectivity index (χ0v) is 11.4. The Hall–Kier alpha value is -2.87. The number of amides is 2. The zero-order chi connectivity index (χ0) is 14.7. The van der Waals surface area contributed by atoms with Gasteiger partial charge in [-0.1, -0.05) is 12.1 Å². The van der Waals surface area contributed by atoms with Crippen molar-refractivity contribution in [2.75, 3.05) is 11.4 Å². The Kier molecular flexibility index (Phi) is 3.52. The molecule has 2 heterocycles. The number of rotatable bonds is 2. The number of nitrogens with zero attached hydrogens (tertiary/aromatic N) is 3. The molecule has 1 aliphatic heterocycles. The summed E-state index contributed by atoms with van der Waals surface area (Å²) in [4.78, 5) is 18.0. The number of aromatic nitrogens is 1. The third-order valence-electron chi connectivity index (χ3n) is 3.52. The first-order valence-corrected chi connectivity index (χ1v) is 6.75. The molecule has 21 heavy (non-hydrogen) atoms. The molecule has 3 rings (SSSR count). The minimum Gasteiger partial charge on any atom is -0.334 e. The van der Waals surface area contributed by atoms with Crippen LogP contribution in [-0.4, -0.2) is 17.6 Å². The summed E-state index contributed by atoms with van der Waals surface area (Å²) >= 11 is 0. The lowest BCUT2D eigenvalue weighted by atomic mass is 10.1. The maximum atomic E-state index is 12.3. The van der Waals surface area contributed by atoms with Crippen LogP contribution in [0.2, 0.25) is 0 Å². The quantitative estimate of drug-likeness (QED) is 0.915. The second-order valence-corrected chi connectivity index (χ2v) is 4.88. The number of nitriles is 1. The molecule has 2 aromatic rings. The molecule has 104 valence electrons. The van der Waals surface area contributed by atoms with E-state index in [0.717, 1.165) is 23.2 Å². The minimum absolute atomic E-state index is 0.146. The van der Waals surface area contributed by atoms with Crippen molar-refractivity contribution in [3.63, 3.8) is 0 Å². The summed E-state index contributed by atoms with van der Waals surface area (Å²) in [7, 11) is 0. The van der Waals surface area contributed by atoms with E-state index in [0.29, 0.717) is 18.7 Å². The number of nitrogens with one attached hydrogen (secondary N) is 1. The van der Waals surface area contributed by atoms with Crippen molar-refractivity contribution in [2.24, 2.45) is 0 Å². The van der Waals surface area contributed by atoms with Crippen molar-refractivity contribution in [1.82, 2.24) is 10.3 Å². The topological polar surface area (TPSA) is 69.0 Å². The largest absolute Gasteiger partial charge is 0.334 e. The molecule has 0 radical (unpaired) electrons. The molecule has 0 aliphatic carbocycles. The number of anilines is 1. The van der Waals surface area contributed by atoms with Crippen molar-refractivity contribution in [3.05, 3.63) is 59.4 Å². The first kappa shape index (κ1) is 13.1. The molecule has 1 aromatic heterocycles. The van der Waals surface area contributed by atoms with E-state index in [2.05, 4.69) is 16.4 Å². The van der Waals surface area contributed by atoms with Crippen molar-refractivity contribution in [1.29, 1.82) is 5.26 Å². The van der Waals surface area contributed by atoms with Crippen molar-refractivity contribution in [2.45, 2.75) is 13.0 Å². The van der Waals surface area contributed by atoms with Crippen LogP contribution in [0.3, 0.4) is 0 Å². The van der Waals surface area contributed by atoms with E-state index >= 15 is 0 Å². The van der Waals surface area contributed by atoms with Crippen LogP contribution in [0, 0.1) is 11.3 Å². The van der Waals surface area contributed by atoms with Gasteiger partial charge in [-0.15, -0.1) is 0 Å². The molecular formula is C16H14N4O. The highest BCUT2D eigenvalue weighted by atomic mass is 16.2. The first-order valence-electron chi connectivity index (χ1n) is 6.75. The van der Waals surface area contributed by atoms with Crippen LogP contribution in [0.4, 0.5) is 10.5 Å². The Morgan fingerprint density at radius 1 is 1.43 bits per heavy atom. The second kappa shape index (κ2) is 5.63. The molecule has 5 heteroatoms. The van der Waals surface area contributed by atoms with Crippen LogP contribution < -0.4 is 10.2 Å². The van der Waals surface area contributed by atoms with Crippen LogP contribution >= 0.6 is 0 Å². The molecule has 0 fully saturated rings. The SMILES string of the molecule is N#Cc1ccc2c(c1)N(C(=O)NCc1cccnc1)CC2. The minimum atomic E-state index is -0.146. The summed E-state index contributed by atoms with van der Waals surface area (Å²) in [5, 5.41) is 11.9. The summed E-state index contributed by atoms with van der Waals surface area (Å²) < 4.78 is 0. The lowest BCUT2D eigenvalue weighted by Crippen LogP contribution is -2.38. The van der Waals surface area contributed by atoms with Crippen LogP contribution in [0.15, 0.2) is 42.7 Å². The second-order valence-electron chi connectivity index (χ2n) is 4.88. The number of urea groups is 1. The molecule has 0 bridgehead atoms. The maximum absolute atomic E-state index is 12.3. The van der Waals surface area contributed by atoms with Crippen molar-refractivity contribution in [3.8, 4) is 6.07 Å². The van der Waals surface area contributed by atoms with Crippen LogP contribution in [0.5, 0.6) is 0 Å². The van der Waals surface area contributed by atoms with Gasteiger partial charge < -0.3 is 5.32 Å². The molecule has 0 saturated heterocycles. The van der Waals surface area contributed by atoms with E-state index in [4.69, 9.17) is 5.26 Å². The predicted molar refractivity (Wildman–Crippen MR) is 78.7 cm³/mol. The Morgan fingerprint density at radius 3 is 3.10 bits per heavy atom. The van der Waals surface area contributed by atoms with Crippen LogP contribution in [0.1, 0.15) is 16.7 Å². The molecule has 1 aliphatic rings. The number of hydrogen-bond acceptors (Lipinski definition) is 3. The number of pyridine rings is 1. The predicted octanol–water partition coefficient (Wildman–Crippen LogP) is 2.23. The molecule has 0 unspecified atom stereocenters. The van der Waals surface area contributed by atoms with E-state index in [1.165, 1.54) is 0 Å². The van der Waals surface area contributed by atoms with E-state index in [9.17, 15) is 4.79 Å². The number of carbonyl (C=O) groups excluding carboxylic acids is 1. The number of carbonyl (C=O) groups is 1. The number of benzene rings is 1. The first-order chi connectivity index (χ1) is 10.3. The van der Waals surface area contributed by atoms with Gasteiger partial charge in [0.1, 0.15) is 0 Å². The summed E-state index contributed by atoms with van der Waals surface area (Å²) in [5.74, 6) is 0. The van der Waals surface area contributed by atoms with E-state index in [-0.39, 0.29) is 6.03 Å². The molecular weight excluding hydrogens is 264 g/mol. The van der Waals surface area contributed by atoms with Crippen molar-refractivity contribution >= 4 is 11.7 Å². The van der Waals surface area contributed by atoms with Gasteiger partial charge in [0.05, 0.1) is 11.6 Å². The lowest BCUT2D eigenvalue weighted by molar-refractivity contribution is 0.246. The molecule has 1 N–H and O–H groups in total. The average molecular weight is 278 g/mol. The summed E-state index contributed by atoms with van der Waals surface area (Å²) in [6, 6.07) is 11.2. The van der Waals surface area contributed by atoms with E-state index in [1.54, 1.807) is 29.4 Å². The Morgan fingerprint density at radius 2 is 2.33 bits per heavy atom. The normalized spacial score (nSPS) is 12.6. The highest BCUT2D eigenvalue weighted by Crippen LogP contribution is 2.28. The molecule has 5 nitrogen and oxygen atoms in total. The van der Waals surface area contributed by atoms with Gasteiger partial charge in [0, 0.05) is 31.2 Å². The highest BCUT2D eigenvalue weighted by molar-refractivity contribution is 5.94. The van der Waals surface area contributed by atoms with Gasteiger partial charge in [0.2, 0.25) is 0 Å². The van der Waals surface area contributed by atoms with Crippen LogP contribution in [0.25, 0.3) is 0 Å². The molecule has 0 saturated carbocycles. The summed E-state index contributed by atoms with van der Waals surface area (Å²) in [6.45, 7) is 1.08. The van der Waals surface area contributed by atoms with E-state index in [1.807, 2.05) is 18.2 Å². The fourth-order valence-electron chi connectivity index (χ4n) is 2.44. The summed E-state index contributed by atoms with van der Waals surface area (Å²) in [6.07, 6.45) is 4.25. The van der Waals surface area contributed by atoms with Gasteiger partial charge in [-0.2, -0.15) is 5.26 Å². The Balaban J connectivity index is 1.72. The summed E-state index contributed by atoms with van der Waals surface area (Å²) in [5.41, 5.74) is 3.46. The maximum Gasteiger partial charge on any atom is 0.322 e. The van der Waals surface area contributed by atoms with Gasteiger partial charge in [-0.05, 0) is 35.7 Å². The van der Waals surface area contributed by atoms with E-state index < -0.39 is 0 Å². The van der Waals surface area contributed by atoms with Gasteiger partial charge in [-0.25, -0.2) is 4.79 Å². The zero-order valence-electron chi connectivity index (χ0n) is 11.4. The van der Waals surface area contributed by atoms with Gasteiger partial charge >= 0.3 is 6.03 Å². The van der Waals surface area contributed by atoms with Crippen LogP contribution in [-0.2, 0) is 13.0 Å². The molecule has 1 aromatic carbocycles. The van der Waals surface area contributed by atoms with Gasteiger partial charge in [0.25, 0.3) is 0 Å².